The summed E-state index contributed by atoms with van der Waals surface area (Å²) < 4.78 is 5.25. The molecule has 0 bridgehead atoms. The van der Waals surface area contributed by atoms with Crippen LogP contribution in [0.25, 0.3) is 10.9 Å². The van der Waals surface area contributed by atoms with Gasteiger partial charge in [0.05, 0.1) is 12.6 Å². The van der Waals surface area contributed by atoms with Gasteiger partial charge >= 0.3 is 5.97 Å². The number of carbonyl (C=O) groups excluding carboxylic acids is 2. The number of fused-ring (bicyclic) bond motifs is 1. The number of ether oxygens (including phenoxy) is 1. The van der Waals surface area contributed by atoms with Crippen molar-refractivity contribution < 1.29 is 19.4 Å². The molecule has 0 aliphatic rings. The maximum Gasteiger partial charge on any atom is 0.325 e. The lowest BCUT2D eigenvalue weighted by molar-refractivity contribution is -0.139. The van der Waals surface area contributed by atoms with Gasteiger partial charge in [0.2, 0.25) is 0 Å². The molecule has 0 radical (unpaired) electrons. The third-order valence-electron chi connectivity index (χ3n) is 3.11. The van der Waals surface area contributed by atoms with Crippen molar-refractivity contribution in [2.45, 2.75) is 6.92 Å². The summed E-state index contributed by atoms with van der Waals surface area (Å²) in [5.74, 6) is -1.92. The van der Waals surface area contributed by atoms with Crippen LogP contribution in [-0.2, 0) is 9.53 Å². The normalized spacial score (nSPS) is 10.5. The molecule has 116 valence electrons. The number of benzene rings is 1. The zero-order valence-electron chi connectivity index (χ0n) is 11.8. The van der Waals surface area contributed by atoms with E-state index < -0.39 is 35.3 Å². The number of halogens is 1. The van der Waals surface area contributed by atoms with E-state index in [-0.39, 0.29) is 0 Å². The highest BCUT2D eigenvalue weighted by atomic mass is 127. The number of nitrogens with one attached hydrogen (secondary N) is 2. The van der Waals surface area contributed by atoms with E-state index in [2.05, 4.69) is 37.6 Å². The van der Waals surface area contributed by atoms with E-state index in [0.717, 1.165) is 9.13 Å². The fraction of sp³-hybridized carbons (Fsp3) is 0.214. The number of methoxy groups -OCH3 is 1. The maximum atomic E-state index is 12.1. The van der Waals surface area contributed by atoms with E-state index in [0.29, 0.717) is 10.9 Å². The largest absolute Gasteiger partial charge is 0.506 e. The van der Waals surface area contributed by atoms with E-state index in [1.165, 1.54) is 7.11 Å². The molecular formula is C14H13IN2O5. The quantitative estimate of drug-likeness (QED) is 0.512. The first-order valence-corrected chi connectivity index (χ1v) is 7.33. The molecule has 0 saturated heterocycles. The minimum Gasteiger partial charge on any atom is -0.506 e. The molecule has 1 aromatic carbocycles. The number of carbonyl (C=O) groups is 2. The topological polar surface area (TPSA) is 108 Å². The van der Waals surface area contributed by atoms with Gasteiger partial charge < -0.3 is 20.1 Å². The minimum atomic E-state index is -0.845. The van der Waals surface area contributed by atoms with Crippen LogP contribution in [0.15, 0.2) is 16.9 Å². The zero-order chi connectivity index (χ0) is 16.4. The highest BCUT2D eigenvalue weighted by Crippen LogP contribution is 2.28. The lowest BCUT2D eigenvalue weighted by Gasteiger charge is -2.10. The van der Waals surface area contributed by atoms with Gasteiger partial charge in [0.1, 0.15) is 17.9 Å². The first-order chi connectivity index (χ1) is 10.3. The SMILES string of the molecule is COC(=O)CNC(=O)c1c(O)c2cc(I)cc(C)c2[nH]c1=O. The predicted octanol–water partition coefficient (Wildman–Crippen LogP) is 1.05. The Labute approximate surface area is 138 Å². The smallest absolute Gasteiger partial charge is 0.325 e. The second kappa shape index (κ2) is 6.34. The van der Waals surface area contributed by atoms with Gasteiger partial charge in [0.15, 0.2) is 0 Å². The Hall–Kier alpha value is -2.10. The number of aromatic amines is 1. The molecule has 0 aliphatic heterocycles. The van der Waals surface area contributed by atoms with Gasteiger partial charge in [-0.3, -0.25) is 14.4 Å². The molecule has 0 unspecified atom stereocenters. The van der Waals surface area contributed by atoms with Crippen LogP contribution >= 0.6 is 22.6 Å². The molecular weight excluding hydrogens is 403 g/mol. The van der Waals surface area contributed by atoms with Crippen LogP contribution in [0.1, 0.15) is 15.9 Å². The molecule has 22 heavy (non-hydrogen) atoms. The van der Waals surface area contributed by atoms with Crippen LogP contribution in [0, 0.1) is 10.5 Å². The second-order valence-corrected chi connectivity index (χ2v) is 5.83. The van der Waals surface area contributed by atoms with Crippen LogP contribution in [0.4, 0.5) is 0 Å². The van der Waals surface area contributed by atoms with Crippen molar-refractivity contribution >= 4 is 45.4 Å². The standard InChI is InChI=1S/C14H13IN2O5/c1-6-3-7(15)4-8-11(6)17-14(21)10(12(8)19)13(20)16-5-9(18)22-2/h3-4H,5H2,1-2H3,(H,16,20)(H2,17,19,21). The highest BCUT2D eigenvalue weighted by molar-refractivity contribution is 14.1. The summed E-state index contributed by atoms with van der Waals surface area (Å²) >= 11 is 2.07. The van der Waals surface area contributed by atoms with Crippen molar-refractivity contribution in [3.8, 4) is 5.75 Å². The molecule has 8 heteroatoms. The number of aromatic nitrogens is 1. The van der Waals surface area contributed by atoms with Crippen LogP contribution < -0.4 is 10.9 Å². The predicted molar refractivity (Wildman–Crippen MR) is 88.0 cm³/mol. The van der Waals surface area contributed by atoms with Crippen molar-refractivity contribution in [1.82, 2.24) is 10.3 Å². The van der Waals surface area contributed by atoms with Crippen LogP contribution in [0.2, 0.25) is 0 Å². The first-order valence-electron chi connectivity index (χ1n) is 6.25. The molecule has 2 rings (SSSR count). The molecule has 0 aliphatic carbocycles. The van der Waals surface area contributed by atoms with Gasteiger partial charge in [-0.25, -0.2) is 0 Å². The summed E-state index contributed by atoms with van der Waals surface area (Å²) in [6.07, 6.45) is 0. The minimum absolute atomic E-state index is 0.368. The maximum absolute atomic E-state index is 12.1. The van der Waals surface area contributed by atoms with Gasteiger partial charge in [0, 0.05) is 8.96 Å². The average Bonchev–Trinajstić information content (AvgIpc) is 2.46. The van der Waals surface area contributed by atoms with E-state index in [4.69, 9.17) is 0 Å². The number of hydrogen-bond donors (Lipinski definition) is 3. The van der Waals surface area contributed by atoms with Crippen LogP contribution in [0.3, 0.4) is 0 Å². The van der Waals surface area contributed by atoms with Crippen LogP contribution in [-0.4, -0.2) is 35.6 Å². The first kappa shape index (κ1) is 16.3. The van der Waals surface area contributed by atoms with Gasteiger partial charge in [-0.1, -0.05) is 0 Å². The second-order valence-electron chi connectivity index (χ2n) is 4.58. The molecule has 0 spiro atoms. The number of rotatable bonds is 3. The molecule has 1 aromatic heterocycles. The van der Waals surface area contributed by atoms with E-state index in [1.54, 1.807) is 13.0 Å². The lowest BCUT2D eigenvalue weighted by Crippen LogP contribution is -2.34. The van der Waals surface area contributed by atoms with E-state index in [1.807, 2.05) is 6.07 Å². The highest BCUT2D eigenvalue weighted by Gasteiger charge is 2.20. The van der Waals surface area contributed by atoms with Crippen molar-refractivity contribution in [3.05, 3.63) is 37.2 Å². The molecule has 1 heterocycles. The number of pyridine rings is 1. The molecule has 7 nitrogen and oxygen atoms in total. The monoisotopic (exact) mass is 416 g/mol. The number of amides is 1. The fourth-order valence-electron chi connectivity index (χ4n) is 2.04. The Morgan fingerprint density at radius 1 is 1.41 bits per heavy atom. The Morgan fingerprint density at radius 3 is 2.73 bits per heavy atom. The molecule has 2 aromatic rings. The number of hydrogen-bond acceptors (Lipinski definition) is 5. The third-order valence-corrected chi connectivity index (χ3v) is 3.73. The average molecular weight is 416 g/mol. The molecule has 1 amide bonds. The Morgan fingerprint density at radius 2 is 2.09 bits per heavy atom. The summed E-state index contributed by atoms with van der Waals surface area (Å²) in [7, 11) is 1.18. The number of aryl methyl sites for hydroxylation is 1. The number of H-pyrrole nitrogens is 1. The van der Waals surface area contributed by atoms with Gasteiger partial charge in [-0.15, -0.1) is 0 Å². The lowest BCUT2D eigenvalue weighted by atomic mass is 10.1. The van der Waals surface area contributed by atoms with Gasteiger partial charge in [-0.05, 0) is 47.2 Å². The van der Waals surface area contributed by atoms with Crippen molar-refractivity contribution in [1.29, 1.82) is 0 Å². The Bertz CT molecular complexity index is 828. The number of esters is 1. The van der Waals surface area contributed by atoms with Gasteiger partial charge in [0.25, 0.3) is 11.5 Å². The molecule has 3 N–H and O–H groups in total. The number of aromatic hydroxyl groups is 1. The van der Waals surface area contributed by atoms with Crippen molar-refractivity contribution in [3.63, 3.8) is 0 Å². The van der Waals surface area contributed by atoms with Crippen molar-refractivity contribution in [2.24, 2.45) is 0 Å². The van der Waals surface area contributed by atoms with E-state index in [9.17, 15) is 19.5 Å². The third kappa shape index (κ3) is 3.06. The van der Waals surface area contributed by atoms with Crippen LogP contribution in [0.5, 0.6) is 5.75 Å². The molecule has 0 fully saturated rings. The summed E-state index contributed by atoms with van der Waals surface area (Å²) in [6.45, 7) is 1.40. The van der Waals surface area contributed by atoms with Crippen molar-refractivity contribution in [2.75, 3.05) is 13.7 Å². The molecule has 0 atom stereocenters. The zero-order valence-corrected chi connectivity index (χ0v) is 14.0. The summed E-state index contributed by atoms with van der Waals surface area (Å²) in [6, 6.07) is 3.50. The Balaban J connectivity index is 2.53. The van der Waals surface area contributed by atoms with Gasteiger partial charge in [-0.2, -0.15) is 0 Å². The van der Waals surface area contributed by atoms with E-state index >= 15 is 0 Å². The summed E-state index contributed by atoms with van der Waals surface area (Å²) in [5.41, 5.74) is 0.0812. The Kier molecular flexibility index (Phi) is 4.69. The fourth-order valence-corrected chi connectivity index (χ4v) is 2.82. The molecule has 0 saturated carbocycles. The summed E-state index contributed by atoms with van der Waals surface area (Å²) in [5, 5.41) is 12.9. The summed E-state index contributed by atoms with van der Waals surface area (Å²) in [4.78, 5) is 37.7.